The average Bonchev–Trinajstić information content (AvgIpc) is 2.67. The van der Waals surface area contributed by atoms with E-state index >= 15 is 0 Å². The second-order valence-electron chi connectivity index (χ2n) is 3.99. The third kappa shape index (κ3) is 2.31. The molecule has 1 heterocycles. The van der Waals surface area contributed by atoms with E-state index in [9.17, 15) is 0 Å². The number of nitrogens with one attached hydrogen (secondary N) is 1. The number of aryl methyl sites for hydroxylation is 2. The molecule has 0 saturated heterocycles. The Hall–Kier alpha value is -1.62. The Labute approximate surface area is 112 Å². The number of nitrogen functional groups attached to an aromatic ring is 1. The van der Waals surface area contributed by atoms with Gasteiger partial charge >= 0.3 is 0 Å². The van der Waals surface area contributed by atoms with Crippen molar-refractivity contribution in [2.24, 2.45) is 0 Å². The quantitative estimate of drug-likeness (QED) is 0.830. The van der Waals surface area contributed by atoms with Crippen LogP contribution in [0.15, 0.2) is 29.2 Å². The second kappa shape index (κ2) is 5.35. The lowest BCUT2D eigenvalue weighted by Gasteiger charge is -2.12. The lowest BCUT2D eigenvalue weighted by Crippen LogP contribution is -2.04. The summed E-state index contributed by atoms with van der Waals surface area (Å²) in [7, 11) is 0. The summed E-state index contributed by atoms with van der Waals surface area (Å²) in [6, 6.07) is 8.18. The highest BCUT2D eigenvalue weighted by molar-refractivity contribution is 7.98. The van der Waals surface area contributed by atoms with E-state index in [1.165, 1.54) is 4.90 Å². The summed E-state index contributed by atoms with van der Waals surface area (Å²) < 4.78 is 1.89. The zero-order valence-electron chi connectivity index (χ0n) is 10.9. The van der Waals surface area contributed by atoms with Gasteiger partial charge in [-0.15, -0.1) is 11.8 Å². The maximum absolute atomic E-state index is 6.07. The molecule has 0 aliphatic carbocycles. The molecule has 0 aliphatic rings. The molecular formula is C13H18N4S. The number of anilines is 3. The highest BCUT2D eigenvalue weighted by Crippen LogP contribution is 2.31. The minimum atomic E-state index is 0.716. The van der Waals surface area contributed by atoms with Gasteiger partial charge in [0.25, 0.3) is 0 Å². The molecule has 0 radical (unpaired) electrons. The summed E-state index contributed by atoms with van der Waals surface area (Å²) in [6.45, 7) is 4.77. The van der Waals surface area contributed by atoms with Crippen LogP contribution in [0.5, 0.6) is 0 Å². The van der Waals surface area contributed by atoms with Gasteiger partial charge in [0.15, 0.2) is 5.82 Å². The van der Waals surface area contributed by atoms with Crippen LogP contribution in [0.4, 0.5) is 17.2 Å². The van der Waals surface area contributed by atoms with Crippen LogP contribution in [0.3, 0.4) is 0 Å². The first-order chi connectivity index (χ1) is 8.67. The zero-order valence-corrected chi connectivity index (χ0v) is 11.7. The van der Waals surface area contributed by atoms with E-state index in [-0.39, 0.29) is 0 Å². The molecule has 3 N–H and O–H groups in total. The van der Waals surface area contributed by atoms with Crippen molar-refractivity contribution in [3.05, 3.63) is 30.0 Å². The van der Waals surface area contributed by atoms with Gasteiger partial charge in [-0.25, -0.2) is 4.68 Å². The molecule has 0 fully saturated rings. The number of aromatic nitrogens is 2. The van der Waals surface area contributed by atoms with E-state index in [4.69, 9.17) is 5.73 Å². The van der Waals surface area contributed by atoms with Gasteiger partial charge in [0, 0.05) is 11.4 Å². The first-order valence-corrected chi connectivity index (χ1v) is 7.12. The molecule has 96 valence electrons. The molecule has 4 nitrogen and oxygen atoms in total. The van der Waals surface area contributed by atoms with Gasteiger partial charge in [-0.1, -0.05) is 12.1 Å². The van der Waals surface area contributed by atoms with Crippen LogP contribution in [0, 0.1) is 6.92 Å². The molecule has 2 aromatic rings. The van der Waals surface area contributed by atoms with E-state index in [0.717, 1.165) is 23.7 Å². The molecule has 2 rings (SSSR count). The SMILES string of the molecule is CCn1nc(C)c(N)c1Nc1ccccc1SC. The molecule has 0 aliphatic heterocycles. The molecule has 0 saturated carbocycles. The van der Waals surface area contributed by atoms with Crippen molar-refractivity contribution in [2.75, 3.05) is 17.3 Å². The van der Waals surface area contributed by atoms with Crippen molar-refractivity contribution in [1.29, 1.82) is 0 Å². The fourth-order valence-electron chi connectivity index (χ4n) is 1.83. The van der Waals surface area contributed by atoms with E-state index in [0.29, 0.717) is 5.69 Å². The van der Waals surface area contributed by atoms with Crippen molar-refractivity contribution in [3.63, 3.8) is 0 Å². The third-order valence-corrected chi connectivity index (χ3v) is 3.63. The van der Waals surface area contributed by atoms with Crippen molar-refractivity contribution in [3.8, 4) is 0 Å². The third-order valence-electron chi connectivity index (χ3n) is 2.83. The maximum Gasteiger partial charge on any atom is 0.152 e. The predicted octanol–water partition coefficient (Wildman–Crippen LogP) is 3.26. The first-order valence-electron chi connectivity index (χ1n) is 5.90. The molecule has 1 aromatic heterocycles. The van der Waals surface area contributed by atoms with Crippen LogP contribution >= 0.6 is 11.8 Å². The Balaban J connectivity index is 2.39. The largest absolute Gasteiger partial charge is 0.394 e. The average molecular weight is 262 g/mol. The fourth-order valence-corrected chi connectivity index (χ4v) is 2.39. The van der Waals surface area contributed by atoms with Crippen molar-refractivity contribution >= 4 is 29.0 Å². The van der Waals surface area contributed by atoms with Crippen molar-refractivity contribution < 1.29 is 0 Å². The van der Waals surface area contributed by atoms with Gasteiger partial charge in [-0.3, -0.25) is 0 Å². The van der Waals surface area contributed by atoms with Gasteiger partial charge in [0.2, 0.25) is 0 Å². The van der Waals surface area contributed by atoms with Crippen LogP contribution in [-0.2, 0) is 6.54 Å². The van der Waals surface area contributed by atoms with E-state index in [1.54, 1.807) is 11.8 Å². The van der Waals surface area contributed by atoms with Crippen LogP contribution in [0.1, 0.15) is 12.6 Å². The highest BCUT2D eigenvalue weighted by atomic mass is 32.2. The lowest BCUT2D eigenvalue weighted by molar-refractivity contribution is 0.661. The topological polar surface area (TPSA) is 55.9 Å². The number of hydrogen-bond acceptors (Lipinski definition) is 4. The molecule has 0 spiro atoms. The molecule has 0 bridgehead atoms. The summed E-state index contributed by atoms with van der Waals surface area (Å²) in [4.78, 5) is 1.19. The molecule has 18 heavy (non-hydrogen) atoms. The summed E-state index contributed by atoms with van der Waals surface area (Å²) in [5, 5.41) is 7.79. The number of rotatable bonds is 4. The van der Waals surface area contributed by atoms with E-state index in [1.807, 2.05) is 29.8 Å². The summed E-state index contributed by atoms with van der Waals surface area (Å²) in [6.07, 6.45) is 2.06. The van der Waals surface area contributed by atoms with Gasteiger partial charge < -0.3 is 11.1 Å². The van der Waals surface area contributed by atoms with Gasteiger partial charge in [0.05, 0.1) is 17.1 Å². The standard InChI is InChI=1S/C13H18N4S/c1-4-17-13(12(14)9(2)16-17)15-10-7-5-6-8-11(10)18-3/h5-8,15H,4,14H2,1-3H3. The number of nitrogens with zero attached hydrogens (tertiary/aromatic N) is 2. The minimum Gasteiger partial charge on any atom is -0.394 e. The number of benzene rings is 1. The molecule has 0 unspecified atom stereocenters. The molecule has 1 aromatic carbocycles. The van der Waals surface area contributed by atoms with Crippen molar-refractivity contribution in [1.82, 2.24) is 9.78 Å². The Morgan fingerprint density at radius 1 is 1.39 bits per heavy atom. The predicted molar refractivity (Wildman–Crippen MR) is 78.6 cm³/mol. The van der Waals surface area contributed by atoms with E-state index < -0.39 is 0 Å². The first kappa shape index (κ1) is 12.8. The molecule has 0 amide bonds. The number of thioether (sulfide) groups is 1. The summed E-state index contributed by atoms with van der Waals surface area (Å²) in [5.41, 5.74) is 8.70. The number of hydrogen-bond donors (Lipinski definition) is 2. The fraction of sp³-hybridized carbons (Fsp3) is 0.308. The second-order valence-corrected chi connectivity index (χ2v) is 4.84. The molecule has 0 atom stereocenters. The van der Waals surface area contributed by atoms with Gasteiger partial charge in [0.1, 0.15) is 0 Å². The normalized spacial score (nSPS) is 10.6. The van der Waals surface area contributed by atoms with E-state index in [2.05, 4.69) is 29.7 Å². The van der Waals surface area contributed by atoms with Crippen LogP contribution < -0.4 is 11.1 Å². The Morgan fingerprint density at radius 2 is 2.11 bits per heavy atom. The summed E-state index contributed by atoms with van der Waals surface area (Å²) in [5.74, 6) is 0.872. The zero-order chi connectivity index (χ0) is 13.1. The van der Waals surface area contributed by atoms with Gasteiger partial charge in [-0.2, -0.15) is 5.10 Å². The molecule has 5 heteroatoms. The Kier molecular flexibility index (Phi) is 3.81. The highest BCUT2D eigenvalue weighted by Gasteiger charge is 2.12. The van der Waals surface area contributed by atoms with Crippen LogP contribution in [0.25, 0.3) is 0 Å². The maximum atomic E-state index is 6.07. The number of para-hydroxylation sites is 1. The van der Waals surface area contributed by atoms with Crippen molar-refractivity contribution in [2.45, 2.75) is 25.3 Å². The minimum absolute atomic E-state index is 0.716. The summed E-state index contributed by atoms with van der Waals surface area (Å²) >= 11 is 1.71. The Morgan fingerprint density at radius 3 is 2.78 bits per heavy atom. The number of nitrogens with two attached hydrogens (primary N) is 1. The molecular weight excluding hydrogens is 244 g/mol. The van der Waals surface area contributed by atoms with Gasteiger partial charge in [-0.05, 0) is 32.2 Å². The Bertz CT molecular complexity index is 548. The van der Waals surface area contributed by atoms with Crippen LogP contribution in [-0.4, -0.2) is 16.0 Å². The lowest BCUT2D eigenvalue weighted by atomic mass is 10.3. The monoisotopic (exact) mass is 262 g/mol. The van der Waals surface area contributed by atoms with Crippen LogP contribution in [0.2, 0.25) is 0 Å². The smallest absolute Gasteiger partial charge is 0.152 e.